The third-order valence-corrected chi connectivity index (χ3v) is 3.93. The lowest BCUT2D eigenvalue weighted by molar-refractivity contribution is -0.127. The van der Waals surface area contributed by atoms with Crippen LogP contribution in [0, 0.1) is 5.92 Å². The molecular formula is C18H26ClN5O2. The molecule has 4 N–H and O–H groups in total. The maximum absolute atomic E-state index is 12.0. The molecule has 0 aliphatic rings. The molecule has 0 saturated carbocycles. The molecule has 0 radical (unpaired) electrons. The predicted octanol–water partition coefficient (Wildman–Crippen LogP) is 1.07. The number of nitrogens with zero attached hydrogens (tertiary/aromatic N) is 2. The zero-order chi connectivity index (χ0) is 18.2. The summed E-state index contributed by atoms with van der Waals surface area (Å²) in [6.07, 6.45) is 3.62. The van der Waals surface area contributed by atoms with Crippen molar-refractivity contribution in [3.63, 3.8) is 0 Å². The van der Waals surface area contributed by atoms with Gasteiger partial charge in [0.1, 0.15) is 0 Å². The highest BCUT2D eigenvalue weighted by atomic mass is 35.5. The van der Waals surface area contributed by atoms with Crippen molar-refractivity contribution >= 4 is 24.2 Å². The van der Waals surface area contributed by atoms with Crippen molar-refractivity contribution < 1.29 is 9.59 Å². The van der Waals surface area contributed by atoms with Gasteiger partial charge in [-0.2, -0.15) is 5.10 Å². The van der Waals surface area contributed by atoms with Crippen molar-refractivity contribution in [1.82, 2.24) is 20.4 Å². The van der Waals surface area contributed by atoms with Crippen molar-refractivity contribution in [3.05, 3.63) is 53.9 Å². The Morgan fingerprint density at radius 2 is 1.85 bits per heavy atom. The van der Waals surface area contributed by atoms with Crippen molar-refractivity contribution in [2.45, 2.75) is 33.0 Å². The second-order valence-electron chi connectivity index (χ2n) is 6.24. The molecule has 0 aliphatic carbocycles. The first kappa shape index (κ1) is 21.7. The van der Waals surface area contributed by atoms with Gasteiger partial charge in [-0.3, -0.25) is 14.3 Å². The van der Waals surface area contributed by atoms with Crippen LogP contribution < -0.4 is 16.4 Å². The number of carbonyl (C=O) groups is 2. The largest absolute Gasteiger partial charge is 0.350 e. The fourth-order valence-corrected chi connectivity index (χ4v) is 2.30. The van der Waals surface area contributed by atoms with Crippen LogP contribution in [0.1, 0.15) is 25.0 Å². The van der Waals surface area contributed by atoms with Crippen molar-refractivity contribution in [3.8, 4) is 0 Å². The monoisotopic (exact) mass is 379 g/mol. The minimum absolute atomic E-state index is 0. The third kappa shape index (κ3) is 6.50. The molecule has 0 fully saturated rings. The van der Waals surface area contributed by atoms with Crippen LogP contribution in [0.25, 0.3) is 0 Å². The molecule has 2 aromatic rings. The predicted molar refractivity (Wildman–Crippen MR) is 103 cm³/mol. The summed E-state index contributed by atoms with van der Waals surface area (Å²) in [5, 5.41) is 9.58. The first-order valence-electron chi connectivity index (χ1n) is 8.31. The van der Waals surface area contributed by atoms with Crippen LogP contribution >= 0.6 is 12.4 Å². The van der Waals surface area contributed by atoms with Gasteiger partial charge in [-0.05, 0) is 23.1 Å². The van der Waals surface area contributed by atoms with E-state index >= 15 is 0 Å². The van der Waals surface area contributed by atoms with Crippen LogP contribution in [0.3, 0.4) is 0 Å². The van der Waals surface area contributed by atoms with E-state index in [0.29, 0.717) is 13.1 Å². The summed E-state index contributed by atoms with van der Waals surface area (Å²) in [6.45, 7) is 4.67. The number of hydrogen-bond donors (Lipinski definition) is 3. The number of aromatic nitrogens is 2. The lowest BCUT2D eigenvalue weighted by Crippen LogP contribution is -2.47. The van der Waals surface area contributed by atoms with Gasteiger partial charge in [0, 0.05) is 18.9 Å². The van der Waals surface area contributed by atoms with Gasteiger partial charge in [0.15, 0.2) is 0 Å². The quantitative estimate of drug-likeness (QED) is 0.638. The Bertz CT molecular complexity index is 703. The SMILES string of the molecule is CC(C)[C@H](N)C(=O)NCC(=O)NCc1ccccc1Cn1cccn1.Cl. The molecule has 0 bridgehead atoms. The van der Waals surface area contributed by atoms with E-state index in [9.17, 15) is 9.59 Å². The first-order chi connectivity index (χ1) is 12.0. The molecule has 1 aromatic carbocycles. The maximum atomic E-state index is 12.0. The molecule has 1 aromatic heterocycles. The molecule has 2 amide bonds. The van der Waals surface area contributed by atoms with Crippen LogP contribution in [0.15, 0.2) is 42.7 Å². The first-order valence-corrected chi connectivity index (χ1v) is 8.31. The zero-order valence-corrected chi connectivity index (χ0v) is 15.8. The van der Waals surface area contributed by atoms with Gasteiger partial charge >= 0.3 is 0 Å². The highest BCUT2D eigenvalue weighted by Crippen LogP contribution is 2.10. The standard InChI is InChI=1S/C18H25N5O2.ClH/c1-13(2)17(19)18(25)21-11-16(24)20-10-14-6-3-4-7-15(14)12-23-9-5-8-22-23;/h3-9,13,17H,10-12,19H2,1-2H3,(H,20,24)(H,21,25);1H/t17-;/m0./s1. The Hall–Kier alpha value is -2.38. The van der Waals surface area contributed by atoms with Gasteiger partial charge in [-0.15, -0.1) is 12.4 Å². The highest BCUT2D eigenvalue weighted by molar-refractivity contribution is 5.87. The molecule has 0 saturated heterocycles. The summed E-state index contributed by atoms with van der Waals surface area (Å²) >= 11 is 0. The van der Waals surface area contributed by atoms with E-state index in [-0.39, 0.29) is 36.7 Å². The molecule has 0 unspecified atom stereocenters. The van der Waals surface area contributed by atoms with Crippen LogP contribution in [-0.2, 0) is 22.7 Å². The van der Waals surface area contributed by atoms with Crippen molar-refractivity contribution in [2.24, 2.45) is 11.7 Å². The second-order valence-corrected chi connectivity index (χ2v) is 6.24. The van der Waals surface area contributed by atoms with E-state index in [1.165, 1.54) is 0 Å². The van der Waals surface area contributed by atoms with E-state index in [1.54, 1.807) is 6.20 Å². The minimum atomic E-state index is -0.609. The number of hydrogen-bond acceptors (Lipinski definition) is 4. The maximum Gasteiger partial charge on any atom is 0.239 e. The highest BCUT2D eigenvalue weighted by Gasteiger charge is 2.17. The molecular weight excluding hydrogens is 354 g/mol. The smallest absolute Gasteiger partial charge is 0.239 e. The van der Waals surface area contributed by atoms with Gasteiger partial charge in [0.2, 0.25) is 11.8 Å². The number of amides is 2. The summed E-state index contributed by atoms with van der Waals surface area (Å²) in [4.78, 5) is 23.7. The summed E-state index contributed by atoms with van der Waals surface area (Å²) < 4.78 is 1.83. The van der Waals surface area contributed by atoms with E-state index in [0.717, 1.165) is 11.1 Å². The second kappa shape index (κ2) is 10.6. The van der Waals surface area contributed by atoms with Crippen LogP contribution in [0.4, 0.5) is 0 Å². The molecule has 1 heterocycles. The summed E-state index contributed by atoms with van der Waals surface area (Å²) in [7, 11) is 0. The van der Waals surface area contributed by atoms with Crippen LogP contribution in [0.5, 0.6) is 0 Å². The normalized spacial score (nSPS) is 11.5. The lowest BCUT2D eigenvalue weighted by atomic mass is 10.1. The summed E-state index contributed by atoms with van der Waals surface area (Å²) in [5.74, 6) is -0.542. The van der Waals surface area contributed by atoms with Gasteiger partial charge in [0.25, 0.3) is 0 Å². The van der Waals surface area contributed by atoms with E-state index in [4.69, 9.17) is 5.73 Å². The zero-order valence-electron chi connectivity index (χ0n) is 15.0. The number of nitrogens with one attached hydrogen (secondary N) is 2. The molecule has 8 heteroatoms. The molecule has 26 heavy (non-hydrogen) atoms. The number of halogens is 1. The number of benzene rings is 1. The third-order valence-electron chi connectivity index (χ3n) is 3.93. The van der Waals surface area contributed by atoms with Gasteiger partial charge in [-0.25, -0.2) is 0 Å². The van der Waals surface area contributed by atoms with Crippen molar-refractivity contribution in [1.29, 1.82) is 0 Å². The molecule has 142 valence electrons. The van der Waals surface area contributed by atoms with Crippen LogP contribution in [0.2, 0.25) is 0 Å². The Morgan fingerprint density at radius 1 is 1.15 bits per heavy atom. The minimum Gasteiger partial charge on any atom is -0.350 e. The van der Waals surface area contributed by atoms with E-state index in [1.807, 2.05) is 55.1 Å². The lowest BCUT2D eigenvalue weighted by Gasteiger charge is -2.15. The van der Waals surface area contributed by atoms with Gasteiger partial charge < -0.3 is 16.4 Å². The number of carbonyl (C=O) groups excluding carboxylic acids is 2. The average Bonchev–Trinajstić information content (AvgIpc) is 3.11. The molecule has 1 atom stereocenters. The van der Waals surface area contributed by atoms with E-state index in [2.05, 4.69) is 15.7 Å². The fraction of sp³-hybridized carbons (Fsp3) is 0.389. The van der Waals surface area contributed by atoms with Gasteiger partial charge in [0.05, 0.1) is 19.1 Å². The van der Waals surface area contributed by atoms with E-state index < -0.39 is 6.04 Å². The Labute approximate surface area is 159 Å². The Kier molecular flexibility index (Phi) is 8.81. The molecule has 0 aliphatic heterocycles. The molecule has 2 rings (SSSR count). The Morgan fingerprint density at radius 3 is 2.46 bits per heavy atom. The fourth-order valence-electron chi connectivity index (χ4n) is 2.30. The summed E-state index contributed by atoms with van der Waals surface area (Å²) in [6, 6.07) is 9.12. The van der Waals surface area contributed by atoms with Gasteiger partial charge in [-0.1, -0.05) is 38.1 Å². The van der Waals surface area contributed by atoms with Crippen molar-refractivity contribution in [2.75, 3.05) is 6.54 Å². The summed E-state index contributed by atoms with van der Waals surface area (Å²) in [5.41, 5.74) is 7.84. The molecule has 7 nitrogen and oxygen atoms in total. The number of nitrogens with two attached hydrogens (primary N) is 1. The number of rotatable bonds is 8. The topological polar surface area (TPSA) is 102 Å². The Balaban J connectivity index is 0.00000338. The molecule has 0 spiro atoms. The van der Waals surface area contributed by atoms with Crippen LogP contribution in [-0.4, -0.2) is 34.2 Å². The average molecular weight is 380 g/mol.